The third-order valence-corrected chi connectivity index (χ3v) is 5.78. The first-order valence-corrected chi connectivity index (χ1v) is 11.0. The zero-order chi connectivity index (χ0) is 21.3. The first kappa shape index (κ1) is 21.3. The van der Waals surface area contributed by atoms with E-state index in [0.717, 1.165) is 49.5 Å². The van der Waals surface area contributed by atoms with Gasteiger partial charge in [0.15, 0.2) is 0 Å². The molecule has 31 heavy (non-hydrogen) atoms. The molecule has 0 atom stereocenters. The van der Waals surface area contributed by atoms with Crippen LogP contribution in [0.15, 0.2) is 84.9 Å². The number of benzene rings is 3. The predicted octanol–water partition coefficient (Wildman–Crippen LogP) is 4.36. The maximum absolute atomic E-state index is 12.8. The van der Waals surface area contributed by atoms with Gasteiger partial charge in [0.05, 0.1) is 13.2 Å². The molecule has 1 N–H and O–H groups in total. The maximum atomic E-state index is 12.8. The number of carbonyl (C=O) groups excluding carboxylic acids is 1. The molecular weight excluding hydrogens is 384 g/mol. The molecule has 4 rings (SSSR count). The van der Waals surface area contributed by atoms with Crippen LogP contribution in [0.3, 0.4) is 0 Å². The highest BCUT2D eigenvalue weighted by Crippen LogP contribution is 2.27. The van der Waals surface area contributed by atoms with E-state index < -0.39 is 0 Å². The van der Waals surface area contributed by atoms with Crippen molar-refractivity contribution in [2.75, 3.05) is 26.3 Å². The lowest BCUT2D eigenvalue weighted by Gasteiger charge is -2.26. The fraction of sp³-hybridized carbons (Fsp3) is 0.296. The molecule has 0 aromatic heterocycles. The summed E-state index contributed by atoms with van der Waals surface area (Å²) in [5.74, 6) is 0.117. The zero-order valence-electron chi connectivity index (χ0n) is 17.9. The lowest BCUT2D eigenvalue weighted by atomic mass is 9.88. The van der Waals surface area contributed by atoms with Gasteiger partial charge in [0.2, 0.25) is 5.91 Å². The van der Waals surface area contributed by atoms with E-state index in [1.54, 1.807) is 0 Å². The molecule has 0 spiro atoms. The van der Waals surface area contributed by atoms with Gasteiger partial charge in [-0.1, -0.05) is 84.9 Å². The van der Waals surface area contributed by atoms with Crippen molar-refractivity contribution >= 4 is 5.91 Å². The van der Waals surface area contributed by atoms with E-state index in [1.807, 2.05) is 36.4 Å². The van der Waals surface area contributed by atoms with Crippen molar-refractivity contribution in [1.29, 1.82) is 0 Å². The van der Waals surface area contributed by atoms with Crippen LogP contribution in [0, 0.1) is 0 Å². The fourth-order valence-corrected chi connectivity index (χ4v) is 4.11. The fourth-order valence-electron chi connectivity index (χ4n) is 4.11. The number of hydrogen-bond donors (Lipinski definition) is 1. The van der Waals surface area contributed by atoms with Gasteiger partial charge in [-0.25, -0.2) is 0 Å². The van der Waals surface area contributed by atoms with Crippen LogP contribution < -0.4 is 5.32 Å². The molecule has 0 unspecified atom stereocenters. The molecule has 1 aliphatic rings. The summed E-state index contributed by atoms with van der Waals surface area (Å²) in [5, 5.41) is 3.13. The van der Waals surface area contributed by atoms with Crippen molar-refractivity contribution < 1.29 is 9.53 Å². The lowest BCUT2D eigenvalue weighted by molar-refractivity contribution is -0.121. The number of rotatable bonds is 8. The van der Waals surface area contributed by atoms with Gasteiger partial charge in [-0.2, -0.15) is 0 Å². The highest BCUT2D eigenvalue weighted by Gasteiger charge is 2.18. The first-order chi connectivity index (χ1) is 15.3. The summed E-state index contributed by atoms with van der Waals surface area (Å²) in [4.78, 5) is 15.3. The quantitative estimate of drug-likeness (QED) is 0.596. The van der Waals surface area contributed by atoms with Gasteiger partial charge in [0.25, 0.3) is 0 Å². The molecule has 1 amide bonds. The third kappa shape index (κ3) is 6.27. The second-order valence-corrected chi connectivity index (χ2v) is 8.06. The van der Waals surface area contributed by atoms with E-state index >= 15 is 0 Å². The van der Waals surface area contributed by atoms with E-state index in [4.69, 9.17) is 4.74 Å². The number of carbonyl (C=O) groups is 1. The number of morpholine rings is 1. The van der Waals surface area contributed by atoms with Crippen LogP contribution in [0.2, 0.25) is 0 Å². The largest absolute Gasteiger partial charge is 0.379 e. The molecule has 1 heterocycles. The molecule has 1 fully saturated rings. The second kappa shape index (κ2) is 10.9. The highest BCUT2D eigenvalue weighted by molar-refractivity contribution is 5.77. The van der Waals surface area contributed by atoms with Gasteiger partial charge < -0.3 is 10.1 Å². The van der Waals surface area contributed by atoms with Crippen LogP contribution >= 0.6 is 0 Å². The van der Waals surface area contributed by atoms with Crippen molar-refractivity contribution in [3.63, 3.8) is 0 Å². The van der Waals surface area contributed by atoms with Crippen LogP contribution in [0.1, 0.15) is 34.6 Å². The minimum Gasteiger partial charge on any atom is -0.379 e. The Morgan fingerprint density at radius 2 is 1.45 bits per heavy atom. The van der Waals surface area contributed by atoms with Gasteiger partial charge in [-0.05, 0) is 22.3 Å². The molecule has 1 aliphatic heterocycles. The summed E-state index contributed by atoms with van der Waals surface area (Å²) >= 11 is 0. The van der Waals surface area contributed by atoms with Crippen molar-refractivity contribution in [3.8, 4) is 0 Å². The van der Waals surface area contributed by atoms with E-state index in [0.29, 0.717) is 13.0 Å². The molecule has 160 valence electrons. The van der Waals surface area contributed by atoms with E-state index in [2.05, 4.69) is 58.7 Å². The zero-order valence-corrected chi connectivity index (χ0v) is 17.9. The topological polar surface area (TPSA) is 41.6 Å². The van der Waals surface area contributed by atoms with Crippen LogP contribution in [-0.2, 0) is 22.6 Å². The van der Waals surface area contributed by atoms with Gasteiger partial charge in [0, 0.05) is 38.5 Å². The molecule has 0 aliphatic carbocycles. The molecule has 4 nitrogen and oxygen atoms in total. The van der Waals surface area contributed by atoms with Gasteiger partial charge >= 0.3 is 0 Å². The molecular formula is C27H30N2O2. The van der Waals surface area contributed by atoms with Crippen molar-refractivity contribution in [1.82, 2.24) is 10.2 Å². The second-order valence-electron chi connectivity index (χ2n) is 8.06. The third-order valence-electron chi connectivity index (χ3n) is 5.78. The minimum atomic E-state index is 0.0510. The Morgan fingerprint density at radius 1 is 0.839 bits per heavy atom. The Balaban J connectivity index is 1.37. The monoisotopic (exact) mass is 414 g/mol. The summed E-state index contributed by atoms with van der Waals surface area (Å²) in [6.45, 7) is 5.03. The Kier molecular flexibility index (Phi) is 7.48. The van der Waals surface area contributed by atoms with E-state index in [1.165, 1.54) is 5.56 Å². The van der Waals surface area contributed by atoms with Gasteiger partial charge in [0.1, 0.15) is 0 Å². The SMILES string of the molecule is O=C(CC(c1ccccc1)c1ccccc1)NCc1cccc(CN2CCOCC2)c1. The summed E-state index contributed by atoms with van der Waals surface area (Å²) in [5.41, 5.74) is 4.74. The maximum Gasteiger partial charge on any atom is 0.221 e. The summed E-state index contributed by atoms with van der Waals surface area (Å²) in [6, 6.07) is 29.0. The number of nitrogens with zero attached hydrogens (tertiary/aromatic N) is 1. The lowest BCUT2D eigenvalue weighted by Crippen LogP contribution is -2.35. The number of ether oxygens (including phenoxy) is 1. The normalized spacial score (nSPS) is 14.5. The molecule has 0 bridgehead atoms. The Bertz CT molecular complexity index is 914. The highest BCUT2D eigenvalue weighted by atomic mass is 16.5. The van der Waals surface area contributed by atoms with Gasteiger partial charge in [-0.3, -0.25) is 9.69 Å². The molecule has 1 saturated heterocycles. The van der Waals surface area contributed by atoms with Crippen LogP contribution in [-0.4, -0.2) is 37.1 Å². The summed E-state index contributed by atoms with van der Waals surface area (Å²) in [7, 11) is 0. The average Bonchev–Trinajstić information content (AvgIpc) is 2.83. The number of nitrogens with one attached hydrogen (secondary N) is 1. The number of amides is 1. The van der Waals surface area contributed by atoms with E-state index in [9.17, 15) is 4.79 Å². The van der Waals surface area contributed by atoms with Crippen molar-refractivity contribution in [2.45, 2.75) is 25.4 Å². The molecule has 3 aromatic rings. The van der Waals surface area contributed by atoms with Crippen molar-refractivity contribution in [2.24, 2.45) is 0 Å². The Hall–Kier alpha value is -2.95. The Labute approximate surface area is 184 Å². The van der Waals surface area contributed by atoms with Crippen LogP contribution in [0.25, 0.3) is 0 Å². The van der Waals surface area contributed by atoms with Gasteiger partial charge in [-0.15, -0.1) is 0 Å². The van der Waals surface area contributed by atoms with E-state index in [-0.39, 0.29) is 11.8 Å². The molecule has 0 saturated carbocycles. The molecule has 3 aromatic carbocycles. The summed E-state index contributed by atoms with van der Waals surface area (Å²) in [6.07, 6.45) is 0.432. The summed E-state index contributed by atoms with van der Waals surface area (Å²) < 4.78 is 5.43. The molecule has 4 heteroatoms. The predicted molar refractivity (Wildman–Crippen MR) is 124 cm³/mol. The first-order valence-electron chi connectivity index (χ1n) is 11.0. The van der Waals surface area contributed by atoms with Crippen LogP contribution in [0.5, 0.6) is 0 Å². The van der Waals surface area contributed by atoms with Crippen LogP contribution in [0.4, 0.5) is 0 Å². The average molecular weight is 415 g/mol. The standard InChI is InChI=1S/C27H30N2O2/c30-27(19-26(24-10-3-1-4-11-24)25-12-5-2-6-13-25)28-20-22-8-7-9-23(18-22)21-29-14-16-31-17-15-29/h1-13,18,26H,14-17,19-21H2,(H,28,30). The Morgan fingerprint density at radius 3 is 2.10 bits per heavy atom. The van der Waals surface area contributed by atoms with Crippen molar-refractivity contribution in [3.05, 3.63) is 107 Å². The smallest absolute Gasteiger partial charge is 0.221 e. The minimum absolute atomic E-state index is 0.0510. The number of hydrogen-bond acceptors (Lipinski definition) is 3. The molecule has 0 radical (unpaired) electrons.